The van der Waals surface area contributed by atoms with Gasteiger partial charge in [-0.15, -0.1) is 0 Å². The molecule has 0 unspecified atom stereocenters. The van der Waals surface area contributed by atoms with Gasteiger partial charge >= 0.3 is 6.09 Å². The molecule has 34 heavy (non-hydrogen) atoms. The van der Waals surface area contributed by atoms with E-state index >= 15 is 0 Å². The number of carbonyl (C=O) groups excluding carboxylic acids is 2. The smallest absolute Gasteiger partial charge is 0.372 e. The third kappa shape index (κ3) is 6.57. The largest absolute Gasteiger partial charge is 0.434 e. The summed E-state index contributed by atoms with van der Waals surface area (Å²) in [7, 11) is 0. The van der Waals surface area contributed by atoms with Crippen molar-refractivity contribution >= 4 is 17.7 Å². The Bertz CT molecular complexity index is 1030. The fourth-order valence-corrected chi connectivity index (χ4v) is 4.09. The zero-order chi connectivity index (χ0) is 23.6. The van der Waals surface area contributed by atoms with Gasteiger partial charge in [0.2, 0.25) is 0 Å². The average molecular weight is 459 g/mol. The molecule has 7 heteroatoms. The van der Waals surface area contributed by atoms with Crippen molar-refractivity contribution in [3.63, 3.8) is 0 Å². The summed E-state index contributed by atoms with van der Waals surface area (Å²) in [6, 6.07) is 20.8. The minimum Gasteiger partial charge on any atom is -0.372 e. The molecule has 0 atom stereocenters. The first-order valence-electron chi connectivity index (χ1n) is 11.7. The predicted molar refractivity (Wildman–Crippen MR) is 131 cm³/mol. The van der Waals surface area contributed by atoms with Crippen molar-refractivity contribution in [3.8, 4) is 0 Å². The normalized spacial score (nSPS) is 13.6. The van der Waals surface area contributed by atoms with E-state index in [2.05, 4.69) is 15.4 Å². The fraction of sp³-hybridized carbons (Fsp3) is 0.296. The molecule has 3 aromatic rings. The minimum atomic E-state index is -0.635. The van der Waals surface area contributed by atoms with E-state index in [1.54, 1.807) is 18.5 Å². The molecule has 176 valence electrons. The molecule has 1 N–H and O–H groups in total. The van der Waals surface area contributed by atoms with Crippen LogP contribution in [0.4, 0.5) is 10.5 Å². The van der Waals surface area contributed by atoms with Crippen LogP contribution in [0.3, 0.4) is 0 Å². The molecule has 0 aliphatic carbocycles. The van der Waals surface area contributed by atoms with Crippen LogP contribution < -0.4 is 10.4 Å². The van der Waals surface area contributed by atoms with E-state index in [4.69, 9.17) is 4.84 Å². The van der Waals surface area contributed by atoms with E-state index in [1.165, 1.54) is 17.7 Å². The molecule has 1 aliphatic rings. The number of hydroxylamine groups is 1. The van der Waals surface area contributed by atoms with Gasteiger partial charge in [-0.3, -0.25) is 14.7 Å². The molecule has 1 fully saturated rings. The Morgan fingerprint density at radius 2 is 1.62 bits per heavy atom. The first-order valence-corrected chi connectivity index (χ1v) is 11.7. The highest BCUT2D eigenvalue weighted by atomic mass is 16.7. The summed E-state index contributed by atoms with van der Waals surface area (Å²) < 4.78 is 0. The molecule has 2 amide bonds. The van der Waals surface area contributed by atoms with E-state index in [0.29, 0.717) is 18.7 Å². The number of benzene rings is 2. The quantitative estimate of drug-likeness (QED) is 0.529. The highest BCUT2D eigenvalue weighted by Gasteiger charge is 2.19. The number of nitrogens with one attached hydrogen (secondary N) is 1. The molecule has 0 saturated carbocycles. The Morgan fingerprint density at radius 3 is 2.35 bits per heavy atom. The second-order valence-corrected chi connectivity index (χ2v) is 8.45. The van der Waals surface area contributed by atoms with Crippen LogP contribution >= 0.6 is 0 Å². The van der Waals surface area contributed by atoms with E-state index in [-0.39, 0.29) is 0 Å². The number of amides is 2. The van der Waals surface area contributed by atoms with E-state index < -0.39 is 12.0 Å². The molecule has 1 aromatic heterocycles. The lowest BCUT2D eigenvalue weighted by atomic mass is 10.1. The Morgan fingerprint density at radius 1 is 0.882 bits per heavy atom. The second kappa shape index (κ2) is 11.8. The SMILES string of the molecule is O=C(NOC(=O)N(Cc1ccccc1)Cc1cccnc1)c1cccc(N2CCCCCC2)c1. The van der Waals surface area contributed by atoms with Gasteiger partial charge in [-0.05, 0) is 48.2 Å². The van der Waals surface area contributed by atoms with Gasteiger partial charge in [0.1, 0.15) is 0 Å². The van der Waals surface area contributed by atoms with Crippen LogP contribution in [-0.2, 0) is 17.9 Å². The maximum atomic E-state index is 12.9. The Labute approximate surface area is 200 Å². The minimum absolute atomic E-state index is 0.307. The summed E-state index contributed by atoms with van der Waals surface area (Å²) in [5, 5.41) is 0. The lowest BCUT2D eigenvalue weighted by Gasteiger charge is -2.23. The molecular weight excluding hydrogens is 428 g/mol. The zero-order valence-corrected chi connectivity index (χ0v) is 19.2. The van der Waals surface area contributed by atoms with Crippen LogP contribution in [-0.4, -0.2) is 35.0 Å². The number of carbonyl (C=O) groups is 2. The van der Waals surface area contributed by atoms with Gasteiger partial charge in [0, 0.05) is 43.3 Å². The van der Waals surface area contributed by atoms with Crippen molar-refractivity contribution in [2.24, 2.45) is 0 Å². The molecule has 0 spiro atoms. The zero-order valence-electron chi connectivity index (χ0n) is 19.2. The van der Waals surface area contributed by atoms with E-state index in [0.717, 1.165) is 42.7 Å². The van der Waals surface area contributed by atoms with Crippen molar-refractivity contribution in [2.45, 2.75) is 38.8 Å². The van der Waals surface area contributed by atoms with Gasteiger partial charge in [-0.25, -0.2) is 4.79 Å². The van der Waals surface area contributed by atoms with Crippen molar-refractivity contribution < 1.29 is 14.4 Å². The maximum absolute atomic E-state index is 12.9. The summed E-state index contributed by atoms with van der Waals surface area (Å²) in [5.41, 5.74) is 5.63. The fourth-order valence-electron chi connectivity index (χ4n) is 4.09. The summed E-state index contributed by atoms with van der Waals surface area (Å²) in [6.07, 6.45) is 7.55. The molecule has 0 bridgehead atoms. The molecule has 7 nitrogen and oxygen atoms in total. The molecule has 1 saturated heterocycles. The average Bonchev–Trinajstić information content (AvgIpc) is 3.18. The van der Waals surface area contributed by atoms with Crippen molar-refractivity contribution in [3.05, 3.63) is 95.8 Å². The van der Waals surface area contributed by atoms with Crippen molar-refractivity contribution in [1.29, 1.82) is 0 Å². The Hall–Kier alpha value is -3.87. The van der Waals surface area contributed by atoms with Crippen LogP contribution in [0, 0.1) is 0 Å². The Kier molecular flexibility index (Phi) is 8.11. The molecule has 1 aliphatic heterocycles. The molecule has 0 radical (unpaired) electrons. The molecule has 2 aromatic carbocycles. The van der Waals surface area contributed by atoms with Crippen LogP contribution in [0.15, 0.2) is 79.1 Å². The number of hydrogen-bond acceptors (Lipinski definition) is 5. The third-order valence-corrected chi connectivity index (χ3v) is 5.88. The van der Waals surface area contributed by atoms with Gasteiger partial charge in [0.15, 0.2) is 0 Å². The van der Waals surface area contributed by atoms with Gasteiger partial charge in [0.25, 0.3) is 5.91 Å². The second-order valence-electron chi connectivity index (χ2n) is 8.45. The number of anilines is 1. The molecular formula is C27H30N4O3. The predicted octanol–water partition coefficient (Wildman–Crippen LogP) is 4.95. The number of pyridine rings is 1. The third-order valence-electron chi connectivity index (χ3n) is 5.88. The van der Waals surface area contributed by atoms with Crippen molar-refractivity contribution in [2.75, 3.05) is 18.0 Å². The van der Waals surface area contributed by atoms with Gasteiger partial charge in [-0.1, -0.05) is 55.3 Å². The van der Waals surface area contributed by atoms with Gasteiger partial charge in [-0.2, -0.15) is 5.48 Å². The molecule has 2 heterocycles. The number of aromatic nitrogens is 1. The van der Waals surface area contributed by atoms with Crippen LogP contribution in [0.5, 0.6) is 0 Å². The van der Waals surface area contributed by atoms with Crippen molar-refractivity contribution in [1.82, 2.24) is 15.4 Å². The lowest BCUT2D eigenvalue weighted by Crippen LogP contribution is -2.36. The maximum Gasteiger partial charge on any atom is 0.434 e. The first-order chi connectivity index (χ1) is 16.7. The van der Waals surface area contributed by atoms with Crippen LogP contribution in [0.2, 0.25) is 0 Å². The molecule has 4 rings (SSSR count). The van der Waals surface area contributed by atoms with Crippen LogP contribution in [0.25, 0.3) is 0 Å². The van der Waals surface area contributed by atoms with Gasteiger partial charge < -0.3 is 9.74 Å². The van der Waals surface area contributed by atoms with Gasteiger partial charge in [0.05, 0.1) is 6.54 Å². The summed E-state index contributed by atoms with van der Waals surface area (Å²) in [4.78, 5) is 38.8. The summed E-state index contributed by atoms with van der Waals surface area (Å²) >= 11 is 0. The van der Waals surface area contributed by atoms with Crippen LogP contribution in [0.1, 0.15) is 47.2 Å². The topological polar surface area (TPSA) is 74.8 Å². The highest BCUT2D eigenvalue weighted by Crippen LogP contribution is 2.21. The van der Waals surface area contributed by atoms with E-state index in [9.17, 15) is 9.59 Å². The number of nitrogens with zero attached hydrogens (tertiary/aromatic N) is 3. The number of rotatable bonds is 6. The monoisotopic (exact) mass is 458 g/mol. The van der Waals surface area contributed by atoms with E-state index in [1.807, 2.05) is 60.7 Å². The summed E-state index contributed by atoms with van der Waals surface area (Å²) in [5.74, 6) is -0.453. The Balaban J connectivity index is 1.40. The number of hydrogen-bond donors (Lipinski definition) is 1. The standard InChI is InChI=1S/C27H30N4O3/c32-26(24-13-8-14-25(18-24)30-16-6-1-2-7-17-30)29-34-27(33)31(20-22-10-4-3-5-11-22)21-23-12-9-15-28-19-23/h3-5,8-15,18-19H,1-2,6-7,16-17,20-21H2,(H,29,32). The summed E-state index contributed by atoms with van der Waals surface area (Å²) in [6.45, 7) is 2.63. The first kappa shape index (κ1) is 23.3. The highest BCUT2D eigenvalue weighted by molar-refractivity contribution is 5.95. The lowest BCUT2D eigenvalue weighted by molar-refractivity contribution is 0.0397.